The van der Waals surface area contributed by atoms with Gasteiger partial charge in [-0.05, 0) is 20.3 Å². The molecule has 0 aromatic heterocycles. The minimum Gasteiger partial charge on any atom is -0.307 e. The van der Waals surface area contributed by atoms with Gasteiger partial charge in [0.15, 0.2) is 0 Å². The molecular formula is C9H18N2. The predicted octanol–water partition coefficient (Wildman–Crippen LogP) is 1.61. The minimum absolute atomic E-state index is 0.479. The van der Waals surface area contributed by atoms with Gasteiger partial charge in [0.25, 0.3) is 0 Å². The van der Waals surface area contributed by atoms with Crippen molar-refractivity contribution in [2.75, 3.05) is 6.54 Å². The molecule has 1 N–H and O–H groups in total. The van der Waals surface area contributed by atoms with Gasteiger partial charge in [0.05, 0.1) is 6.04 Å². The molecule has 0 amide bonds. The van der Waals surface area contributed by atoms with Gasteiger partial charge in [-0.15, -0.1) is 0 Å². The average molecular weight is 154 g/mol. The van der Waals surface area contributed by atoms with E-state index in [4.69, 9.17) is 0 Å². The van der Waals surface area contributed by atoms with Crippen LogP contribution in [0.4, 0.5) is 0 Å². The molecular weight excluding hydrogens is 136 g/mol. The zero-order valence-electron chi connectivity index (χ0n) is 7.72. The smallest absolute Gasteiger partial charge is 0.0596 e. The van der Waals surface area contributed by atoms with Crippen LogP contribution < -0.4 is 5.32 Å². The molecule has 0 bridgehead atoms. The van der Waals surface area contributed by atoms with Crippen LogP contribution in [-0.2, 0) is 0 Å². The first-order valence-electron chi connectivity index (χ1n) is 4.54. The Labute approximate surface area is 69.1 Å². The lowest BCUT2D eigenvalue weighted by Gasteiger charge is -2.24. The second kappa shape index (κ2) is 3.86. The van der Waals surface area contributed by atoms with E-state index >= 15 is 0 Å². The molecule has 2 atom stereocenters. The zero-order valence-corrected chi connectivity index (χ0v) is 7.72. The molecule has 1 aliphatic heterocycles. The van der Waals surface area contributed by atoms with Crippen LogP contribution >= 0.6 is 0 Å². The molecule has 0 saturated heterocycles. The summed E-state index contributed by atoms with van der Waals surface area (Å²) in [5.41, 5.74) is 1.35. The number of hydrogen-bond donors (Lipinski definition) is 1. The minimum atomic E-state index is 0.479. The van der Waals surface area contributed by atoms with Crippen LogP contribution in [0.1, 0.15) is 33.6 Å². The maximum Gasteiger partial charge on any atom is 0.0596 e. The molecule has 64 valence electrons. The summed E-state index contributed by atoms with van der Waals surface area (Å²) in [5, 5.41) is 3.44. The molecule has 2 nitrogen and oxygen atoms in total. The van der Waals surface area contributed by atoms with Gasteiger partial charge in [-0.3, -0.25) is 4.99 Å². The fourth-order valence-corrected chi connectivity index (χ4v) is 1.44. The van der Waals surface area contributed by atoms with Crippen molar-refractivity contribution in [2.24, 2.45) is 4.99 Å². The molecule has 0 radical (unpaired) electrons. The Bertz CT molecular complexity index is 152. The van der Waals surface area contributed by atoms with E-state index in [0.717, 1.165) is 13.0 Å². The van der Waals surface area contributed by atoms with Gasteiger partial charge in [0.2, 0.25) is 0 Å². The first-order chi connectivity index (χ1) is 5.24. The van der Waals surface area contributed by atoms with Crippen molar-refractivity contribution in [3.05, 3.63) is 0 Å². The van der Waals surface area contributed by atoms with Gasteiger partial charge in [-0.2, -0.15) is 0 Å². The van der Waals surface area contributed by atoms with Crippen LogP contribution in [0.5, 0.6) is 0 Å². The monoisotopic (exact) mass is 154 g/mol. The SMILES string of the molecule is CCCC1=N[C@@H](C)CN[C@@H]1C. The van der Waals surface area contributed by atoms with Crippen LogP contribution in [-0.4, -0.2) is 24.3 Å². The van der Waals surface area contributed by atoms with Crippen molar-refractivity contribution in [1.82, 2.24) is 5.32 Å². The van der Waals surface area contributed by atoms with E-state index in [9.17, 15) is 0 Å². The van der Waals surface area contributed by atoms with E-state index in [1.54, 1.807) is 0 Å². The van der Waals surface area contributed by atoms with Gasteiger partial charge in [0, 0.05) is 18.3 Å². The molecule has 1 aliphatic rings. The Morgan fingerprint density at radius 3 is 2.91 bits per heavy atom. The predicted molar refractivity (Wildman–Crippen MR) is 49.3 cm³/mol. The Hall–Kier alpha value is -0.370. The Morgan fingerprint density at radius 2 is 2.27 bits per heavy atom. The Kier molecular flexibility index (Phi) is 3.06. The number of hydrogen-bond acceptors (Lipinski definition) is 2. The first kappa shape index (κ1) is 8.72. The summed E-state index contributed by atoms with van der Waals surface area (Å²) in [5.74, 6) is 0. The molecule has 0 saturated carbocycles. The van der Waals surface area contributed by atoms with E-state index in [0.29, 0.717) is 12.1 Å². The van der Waals surface area contributed by atoms with Crippen molar-refractivity contribution < 1.29 is 0 Å². The third-order valence-corrected chi connectivity index (χ3v) is 2.11. The van der Waals surface area contributed by atoms with E-state index in [2.05, 4.69) is 31.1 Å². The van der Waals surface area contributed by atoms with Crippen LogP contribution in [0.2, 0.25) is 0 Å². The molecule has 1 heterocycles. The molecule has 0 spiro atoms. The Morgan fingerprint density at radius 1 is 1.55 bits per heavy atom. The first-order valence-corrected chi connectivity index (χ1v) is 4.54. The van der Waals surface area contributed by atoms with Gasteiger partial charge in [0.1, 0.15) is 0 Å². The summed E-state index contributed by atoms with van der Waals surface area (Å²) in [6, 6.07) is 0.985. The summed E-state index contributed by atoms with van der Waals surface area (Å²) in [7, 11) is 0. The normalized spacial score (nSPS) is 31.7. The van der Waals surface area contributed by atoms with Gasteiger partial charge in [-0.1, -0.05) is 13.3 Å². The lowest BCUT2D eigenvalue weighted by molar-refractivity contribution is 0.548. The molecule has 0 unspecified atom stereocenters. The largest absolute Gasteiger partial charge is 0.307 e. The second-order valence-electron chi connectivity index (χ2n) is 3.35. The van der Waals surface area contributed by atoms with Crippen molar-refractivity contribution in [2.45, 2.75) is 45.7 Å². The van der Waals surface area contributed by atoms with Crippen LogP contribution in [0.15, 0.2) is 4.99 Å². The third kappa shape index (κ3) is 2.29. The molecule has 2 heteroatoms. The lowest BCUT2D eigenvalue weighted by Crippen LogP contribution is -2.42. The highest BCUT2D eigenvalue weighted by atomic mass is 15.0. The van der Waals surface area contributed by atoms with Crippen LogP contribution in [0.25, 0.3) is 0 Å². The number of aliphatic imine (C=N–C) groups is 1. The number of nitrogens with one attached hydrogen (secondary N) is 1. The third-order valence-electron chi connectivity index (χ3n) is 2.11. The van der Waals surface area contributed by atoms with Gasteiger partial charge < -0.3 is 5.32 Å². The summed E-state index contributed by atoms with van der Waals surface area (Å²) >= 11 is 0. The summed E-state index contributed by atoms with van der Waals surface area (Å²) in [6.45, 7) is 7.60. The summed E-state index contributed by atoms with van der Waals surface area (Å²) in [6.07, 6.45) is 2.36. The molecule has 0 fully saturated rings. The maximum atomic E-state index is 4.61. The highest BCUT2D eigenvalue weighted by molar-refractivity contribution is 5.89. The topological polar surface area (TPSA) is 24.4 Å². The Balaban J connectivity index is 2.56. The molecule has 1 rings (SSSR count). The van der Waals surface area contributed by atoms with Gasteiger partial charge >= 0.3 is 0 Å². The van der Waals surface area contributed by atoms with Crippen LogP contribution in [0.3, 0.4) is 0 Å². The second-order valence-corrected chi connectivity index (χ2v) is 3.35. The maximum absolute atomic E-state index is 4.61. The van der Waals surface area contributed by atoms with Crippen molar-refractivity contribution in [3.63, 3.8) is 0 Å². The van der Waals surface area contributed by atoms with E-state index < -0.39 is 0 Å². The number of rotatable bonds is 2. The zero-order chi connectivity index (χ0) is 8.27. The van der Waals surface area contributed by atoms with Crippen LogP contribution in [0, 0.1) is 0 Å². The fourth-order valence-electron chi connectivity index (χ4n) is 1.44. The highest BCUT2D eigenvalue weighted by Crippen LogP contribution is 2.06. The quantitative estimate of drug-likeness (QED) is 0.642. The van der Waals surface area contributed by atoms with E-state index in [-0.39, 0.29) is 0 Å². The van der Waals surface area contributed by atoms with Crippen molar-refractivity contribution in [3.8, 4) is 0 Å². The summed E-state index contributed by atoms with van der Waals surface area (Å²) < 4.78 is 0. The van der Waals surface area contributed by atoms with E-state index in [1.807, 2.05) is 0 Å². The number of nitrogens with zero attached hydrogens (tertiary/aromatic N) is 1. The molecule has 0 aliphatic carbocycles. The van der Waals surface area contributed by atoms with Crippen molar-refractivity contribution >= 4 is 5.71 Å². The standard InChI is InChI=1S/C9H18N2/c1-4-5-9-8(3)10-6-7(2)11-9/h7-8,10H,4-6H2,1-3H3/t7-,8+/m0/s1. The lowest BCUT2D eigenvalue weighted by atomic mass is 10.1. The summed E-state index contributed by atoms with van der Waals surface area (Å²) in [4.78, 5) is 4.61. The highest BCUT2D eigenvalue weighted by Gasteiger charge is 2.16. The molecule has 11 heavy (non-hydrogen) atoms. The fraction of sp³-hybridized carbons (Fsp3) is 0.889. The van der Waals surface area contributed by atoms with Crippen molar-refractivity contribution in [1.29, 1.82) is 0 Å². The van der Waals surface area contributed by atoms with E-state index in [1.165, 1.54) is 12.1 Å². The average Bonchev–Trinajstić information content (AvgIpc) is 1.98. The molecule has 0 aromatic carbocycles. The molecule has 0 aromatic rings. The van der Waals surface area contributed by atoms with Gasteiger partial charge in [-0.25, -0.2) is 0 Å².